The topological polar surface area (TPSA) is 46.9 Å². The lowest BCUT2D eigenvalue weighted by molar-refractivity contribution is 0.568. The average molecular weight is 285 g/mol. The molecule has 0 saturated carbocycles. The molecular formula is C17H23N3O. The van der Waals surface area contributed by atoms with E-state index in [0.717, 1.165) is 11.4 Å². The third-order valence-electron chi connectivity index (χ3n) is 3.31. The molecule has 4 heteroatoms. The molecule has 0 radical (unpaired) electrons. The Morgan fingerprint density at radius 3 is 2.29 bits per heavy atom. The van der Waals surface area contributed by atoms with E-state index in [-0.39, 0.29) is 5.43 Å². The van der Waals surface area contributed by atoms with Crippen LogP contribution in [-0.2, 0) is 6.54 Å². The van der Waals surface area contributed by atoms with E-state index in [0.29, 0.717) is 18.3 Å². The third kappa shape index (κ3) is 3.79. The molecule has 4 nitrogen and oxygen atoms in total. The molecule has 112 valence electrons. The Hall–Kier alpha value is -1.94. The van der Waals surface area contributed by atoms with E-state index in [4.69, 9.17) is 0 Å². The Balaban J connectivity index is 2.48. The molecular weight excluding hydrogens is 262 g/mol. The van der Waals surface area contributed by atoms with Crippen LogP contribution in [0.5, 0.6) is 0 Å². The highest BCUT2D eigenvalue weighted by molar-refractivity contribution is 5.39. The van der Waals surface area contributed by atoms with Gasteiger partial charge in [0.15, 0.2) is 0 Å². The summed E-state index contributed by atoms with van der Waals surface area (Å²) in [5, 5.41) is 7.79. The number of aryl methyl sites for hydroxylation is 3. The maximum atomic E-state index is 12.1. The van der Waals surface area contributed by atoms with Crippen LogP contribution in [0, 0.1) is 20.8 Å². The Bertz CT molecular complexity index is 681. The van der Waals surface area contributed by atoms with Crippen LogP contribution in [0.25, 0.3) is 5.69 Å². The fourth-order valence-corrected chi connectivity index (χ4v) is 2.34. The molecule has 0 aliphatic rings. The monoisotopic (exact) mass is 285 g/mol. The zero-order chi connectivity index (χ0) is 15.6. The lowest BCUT2D eigenvalue weighted by atomic mass is 10.1. The first-order valence-electron chi connectivity index (χ1n) is 7.28. The molecule has 0 spiro atoms. The van der Waals surface area contributed by atoms with E-state index in [2.05, 4.69) is 56.3 Å². The van der Waals surface area contributed by atoms with Crippen LogP contribution in [0.1, 0.15) is 36.4 Å². The Kier molecular flexibility index (Phi) is 4.58. The molecule has 0 atom stereocenters. The average Bonchev–Trinajstić information content (AvgIpc) is 2.36. The first kappa shape index (κ1) is 15.4. The maximum absolute atomic E-state index is 12.1. The SMILES string of the molecule is Cc1cc(C)cc(-n2nc(CNC(C)C)c(=O)cc2C)c1. The second-order valence-electron chi connectivity index (χ2n) is 5.89. The van der Waals surface area contributed by atoms with Crippen LogP contribution in [0.3, 0.4) is 0 Å². The summed E-state index contributed by atoms with van der Waals surface area (Å²) in [7, 11) is 0. The van der Waals surface area contributed by atoms with E-state index in [1.54, 1.807) is 6.07 Å². The summed E-state index contributed by atoms with van der Waals surface area (Å²) in [5.41, 5.74) is 4.75. The van der Waals surface area contributed by atoms with Gasteiger partial charge in [-0.2, -0.15) is 5.10 Å². The first-order chi connectivity index (χ1) is 9.86. The first-order valence-corrected chi connectivity index (χ1v) is 7.28. The molecule has 2 aromatic rings. The molecule has 2 rings (SSSR count). The van der Waals surface area contributed by atoms with Gasteiger partial charge in [-0.15, -0.1) is 0 Å². The lowest BCUT2D eigenvalue weighted by Crippen LogP contribution is -2.28. The number of nitrogens with zero attached hydrogens (tertiary/aromatic N) is 2. The van der Waals surface area contributed by atoms with Crippen LogP contribution in [0.4, 0.5) is 0 Å². The van der Waals surface area contributed by atoms with Crippen molar-refractivity contribution < 1.29 is 0 Å². The quantitative estimate of drug-likeness (QED) is 0.939. The van der Waals surface area contributed by atoms with Gasteiger partial charge in [0.05, 0.1) is 5.69 Å². The van der Waals surface area contributed by atoms with Crippen molar-refractivity contribution in [1.29, 1.82) is 0 Å². The predicted molar refractivity (Wildman–Crippen MR) is 86.0 cm³/mol. The molecule has 0 bridgehead atoms. The molecule has 1 aromatic heterocycles. The summed E-state index contributed by atoms with van der Waals surface area (Å²) < 4.78 is 1.85. The van der Waals surface area contributed by atoms with Crippen molar-refractivity contribution in [3.05, 3.63) is 57.0 Å². The van der Waals surface area contributed by atoms with Crippen LogP contribution < -0.4 is 10.7 Å². The smallest absolute Gasteiger partial charge is 0.204 e. The van der Waals surface area contributed by atoms with Gasteiger partial charge in [-0.05, 0) is 44.0 Å². The number of hydrogen-bond donors (Lipinski definition) is 1. The van der Waals surface area contributed by atoms with E-state index < -0.39 is 0 Å². The van der Waals surface area contributed by atoms with Gasteiger partial charge in [0, 0.05) is 24.3 Å². The van der Waals surface area contributed by atoms with E-state index in [1.807, 2.05) is 11.6 Å². The highest BCUT2D eigenvalue weighted by atomic mass is 16.1. The Morgan fingerprint density at radius 2 is 1.71 bits per heavy atom. The summed E-state index contributed by atoms with van der Waals surface area (Å²) >= 11 is 0. The summed E-state index contributed by atoms with van der Waals surface area (Å²) in [4.78, 5) is 12.1. The van der Waals surface area contributed by atoms with Crippen molar-refractivity contribution in [1.82, 2.24) is 15.1 Å². The van der Waals surface area contributed by atoms with Crippen LogP contribution in [0.2, 0.25) is 0 Å². The summed E-state index contributed by atoms with van der Waals surface area (Å²) in [5.74, 6) is 0. The molecule has 0 unspecified atom stereocenters. The Morgan fingerprint density at radius 1 is 1.10 bits per heavy atom. The number of rotatable bonds is 4. The summed E-state index contributed by atoms with van der Waals surface area (Å²) in [6.45, 7) is 10.6. The van der Waals surface area contributed by atoms with E-state index in [1.165, 1.54) is 11.1 Å². The fraction of sp³-hybridized carbons (Fsp3) is 0.412. The van der Waals surface area contributed by atoms with Gasteiger partial charge in [0.25, 0.3) is 0 Å². The zero-order valence-electron chi connectivity index (χ0n) is 13.4. The van der Waals surface area contributed by atoms with Crippen molar-refractivity contribution in [2.45, 2.75) is 47.2 Å². The largest absolute Gasteiger partial charge is 0.309 e. The van der Waals surface area contributed by atoms with Gasteiger partial charge >= 0.3 is 0 Å². The summed E-state index contributed by atoms with van der Waals surface area (Å²) in [6.07, 6.45) is 0. The molecule has 0 fully saturated rings. The van der Waals surface area contributed by atoms with Gasteiger partial charge in [0.1, 0.15) is 5.69 Å². The minimum Gasteiger partial charge on any atom is -0.309 e. The van der Waals surface area contributed by atoms with Crippen molar-refractivity contribution >= 4 is 0 Å². The molecule has 0 saturated heterocycles. The zero-order valence-corrected chi connectivity index (χ0v) is 13.4. The lowest BCUT2D eigenvalue weighted by Gasteiger charge is -2.14. The molecule has 1 heterocycles. The molecule has 21 heavy (non-hydrogen) atoms. The minimum absolute atomic E-state index is 0.0127. The van der Waals surface area contributed by atoms with Gasteiger partial charge < -0.3 is 5.32 Å². The van der Waals surface area contributed by atoms with Crippen LogP contribution in [0.15, 0.2) is 29.1 Å². The van der Waals surface area contributed by atoms with Crippen molar-refractivity contribution in [2.24, 2.45) is 0 Å². The van der Waals surface area contributed by atoms with Crippen molar-refractivity contribution in [3.8, 4) is 5.69 Å². The van der Waals surface area contributed by atoms with Crippen LogP contribution >= 0.6 is 0 Å². The van der Waals surface area contributed by atoms with Gasteiger partial charge in [-0.25, -0.2) is 4.68 Å². The highest BCUT2D eigenvalue weighted by Gasteiger charge is 2.08. The molecule has 1 N–H and O–H groups in total. The number of nitrogens with one attached hydrogen (secondary N) is 1. The fourth-order valence-electron chi connectivity index (χ4n) is 2.34. The molecule has 0 aliphatic carbocycles. The van der Waals surface area contributed by atoms with E-state index >= 15 is 0 Å². The minimum atomic E-state index is -0.0127. The predicted octanol–water partition coefficient (Wildman–Crippen LogP) is 2.66. The molecule has 1 aromatic carbocycles. The standard InChI is InChI=1S/C17H23N3O/c1-11(2)18-10-16-17(21)9-14(5)20(19-16)15-7-12(3)6-13(4)8-15/h6-9,11,18H,10H2,1-5H3. The summed E-state index contributed by atoms with van der Waals surface area (Å²) in [6, 6.07) is 8.26. The van der Waals surface area contributed by atoms with Gasteiger partial charge in [-0.1, -0.05) is 19.9 Å². The molecule has 0 amide bonds. The van der Waals surface area contributed by atoms with Crippen LogP contribution in [-0.4, -0.2) is 15.8 Å². The Labute approximate surface area is 125 Å². The second-order valence-corrected chi connectivity index (χ2v) is 5.89. The highest BCUT2D eigenvalue weighted by Crippen LogP contribution is 2.14. The van der Waals surface area contributed by atoms with Gasteiger partial charge in [-0.3, -0.25) is 4.79 Å². The maximum Gasteiger partial charge on any atom is 0.204 e. The second kappa shape index (κ2) is 6.22. The van der Waals surface area contributed by atoms with Crippen molar-refractivity contribution in [3.63, 3.8) is 0 Å². The normalized spacial score (nSPS) is 11.1. The van der Waals surface area contributed by atoms with Gasteiger partial charge in [0.2, 0.25) is 5.43 Å². The number of hydrogen-bond acceptors (Lipinski definition) is 3. The van der Waals surface area contributed by atoms with Crippen molar-refractivity contribution in [2.75, 3.05) is 0 Å². The number of benzene rings is 1. The van der Waals surface area contributed by atoms with E-state index in [9.17, 15) is 4.79 Å². The third-order valence-corrected chi connectivity index (χ3v) is 3.31. The number of aromatic nitrogens is 2. The molecule has 0 aliphatic heterocycles.